The van der Waals surface area contributed by atoms with E-state index >= 15 is 0 Å². The van der Waals surface area contributed by atoms with Crippen LogP contribution in [0, 0.1) is 16.7 Å². The molecular weight excluding hydrogens is 272 g/mol. The summed E-state index contributed by atoms with van der Waals surface area (Å²) in [7, 11) is 0. The minimum atomic E-state index is -0.0303. The van der Waals surface area contributed by atoms with Gasteiger partial charge in [-0.3, -0.25) is 4.79 Å². The van der Waals surface area contributed by atoms with Crippen LogP contribution in [0.5, 0.6) is 0 Å². The number of hydrogen-bond donors (Lipinski definition) is 2. The molecule has 0 aromatic carbocycles. The highest BCUT2D eigenvalue weighted by Gasteiger charge is 2.44. The molecule has 3 nitrogen and oxygen atoms in total. The molecule has 2 aliphatic rings. The second kappa shape index (κ2) is 7.13. The minimum Gasteiger partial charge on any atom is -0.355 e. The lowest BCUT2D eigenvalue weighted by molar-refractivity contribution is -0.138. The molecule has 0 aromatic heterocycles. The van der Waals surface area contributed by atoms with Crippen LogP contribution in [0.25, 0.3) is 0 Å². The molecule has 20 heavy (non-hydrogen) atoms. The van der Waals surface area contributed by atoms with Crippen molar-refractivity contribution in [3.8, 4) is 0 Å². The number of amides is 1. The van der Waals surface area contributed by atoms with Gasteiger partial charge in [-0.2, -0.15) is 0 Å². The highest BCUT2D eigenvalue weighted by Crippen LogP contribution is 2.46. The van der Waals surface area contributed by atoms with E-state index in [2.05, 4.69) is 31.4 Å². The predicted octanol–water partition coefficient (Wildman–Crippen LogP) is 3.13. The summed E-state index contributed by atoms with van der Waals surface area (Å²) >= 11 is 0. The van der Waals surface area contributed by atoms with E-state index in [1.807, 2.05) is 0 Å². The number of hydrogen-bond acceptors (Lipinski definition) is 2. The summed E-state index contributed by atoms with van der Waals surface area (Å²) in [6.45, 7) is 9.79. The highest BCUT2D eigenvalue weighted by atomic mass is 35.5. The maximum Gasteiger partial charge on any atom is 0.226 e. The van der Waals surface area contributed by atoms with Crippen LogP contribution in [0.3, 0.4) is 0 Å². The Morgan fingerprint density at radius 2 is 1.80 bits per heavy atom. The topological polar surface area (TPSA) is 41.1 Å². The molecule has 0 atom stereocenters. The molecule has 4 heteroatoms. The summed E-state index contributed by atoms with van der Waals surface area (Å²) in [5, 5.41) is 6.67. The van der Waals surface area contributed by atoms with Crippen molar-refractivity contribution in [1.82, 2.24) is 10.6 Å². The summed E-state index contributed by atoms with van der Waals surface area (Å²) in [6.07, 6.45) is 6.80. The first-order valence-electron chi connectivity index (χ1n) is 7.95. The fourth-order valence-corrected chi connectivity index (χ4v) is 3.60. The lowest BCUT2D eigenvalue weighted by atomic mass is 9.64. The van der Waals surface area contributed by atoms with Gasteiger partial charge in [0.2, 0.25) is 5.91 Å². The van der Waals surface area contributed by atoms with Crippen molar-refractivity contribution < 1.29 is 4.79 Å². The smallest absolute Gasteiger partial charge is 0.226 e. The minimum absolute atomic E-state index is 0. The monoisotopic (exact) mass is 302 g/mol. The van der Waals surface area contributed by atoms with Crippen molar-refractivity contribution >= 4 is 18.3 Å². The van der Waals surface area contributed by atoms with Crippen LogP contribution in [0.15, 0.2) is 0 Å². The second-order valence-corrected chi connectivity index (χ2v) is 7.48. The van der Waals surface area contributed by atoms with Gasteiger partial charge in [0.25, 0.3) is 0 Å². The van der Waals surface area contributed by atoms with Crippen LogP contribution in [0.1, 0.15) is 59.3 Å². The quantitative estimate of drug-likeness (QED) is 0.819. The van der Waals surface area contributed by atoms with Gasteiger partial charge in [-0.05, 0) is 56.5 Å². The predicted molar refractivity (Wildman–Crippen MR) is 86.2 cm³/mol. The maximum absolute atomic E-state index is 12.5. The molecular formula is C16H31ClN2O. The Kier molecular flexibility index (Phi) is 6.33. The molecule has 2 rings (SSSR count). The van der Waals surface area contributed by atoms with Crippen LogP contribution in [0.2, 0.25) is 0 Å². The van der Waals surface area contributed by atoms with Gasteiger partial charge in [0.1, 0.15) is 0 Å². The SMILES string of the molecule is CC(C)CC1(C(=O)NCC2(C)CCNCC2)CCC1.Cl. The third-order valence-corrected chi connectivity index (χ3v) is 5.08. The Hall–Kier alpha value is -0.280. The number of halogens is 1. The van der Waals surface area contributed by atoms with Gasteiger partial charge in [-0.15, -0.1) is 12.4 Å². The molecule has 2 fully saturated rings. The summed E-state index contributed by atoms with van der Waals surface area (Å²) in [4.78, 5) is 12.5. The first kappa shape index (κ1) is 17.8. The van der Waals surface area contributed by atoms with E-state index < -0.39 is 0 Å². The van der Waals surface area contributed by atoms with Crippen molar-refractivity contribution in [3.05, 3.63) is 0 Å². The summed E-state index contributed by atoms with van der Waals surface area (Å²) in [5.74, 6) is 0.938. The molecule has 0 spiro atoms. The molecule has 1 saturated heterocycles. The van der Waals surface area contributed by atoms with Crippen molar-refractivity contribution in [2.45, 2.75) is 59.3 Å². The van der Waals surface area contributed by atoms with Crippen molar-refractivity contribution in [3.63, 3.8) is 0 Å². The molecule has 2 N–H and O–H groups in total. The fraction of sp³-hybridized carbons (Fsp3) is 0.938. The van der Waals surface area contributed by atoms with Crippen molar-refractivity contribution in [1.29, 1.82) is 0 Å². The van der Waals surface area contributed by atoms with E-state index in [1.54, 1.807) is 0 Å². The third kappa shape index (κ3) is 4.11. The molecule has 1 amide bonds. The zero-order valence-corrected chi connectivity index (χ0v) is 14.1. The fourth-order valence-electron chi connectivity index (χ4n) is 3.60. The van der Waals surface area contributed by atoms with Crippen LogP contribution in [-0.2, 0) is 4.79 Å². The molecule has 1 saturated carbocycles. The molecule has 0 radical (unpaired) electrons. The number of piperidine rings is 1. The van der Waals surface area contributed by atoms with Gasteiger partial charge in [0.15, 0.2) is 0 Å². The Morgan fingerprint density at radius 3 is 2.25 bits per heavy atom. The van der Waals surface area contributed by atoms with Gasteiger partial charge < -0.3 is 10.6 Å². The molecule has 1 aliphatic carbocycles. The van der Waals surface area contributed by atoms with E-state index in [9.17, 15) is 4.79 Å². The first-order valence-corrected chi connectivity index (χ1v) is 7.95. The zero-order valence-electron chi connectivity index (χ0n) is 13.3. The molecule has 0 aromatic rings. The van der Waals surface area contributed by atoms with E-state index in [0.29, 0.717) is 17.2 Å². The Balaban J connectivity index is 0.00000200. The molecule has 1 aliphatic heterocycles. The molecule has 0 unspecified atom stereocenters. The van der Waals surface area contributed by atoms with Gasteiger partial charge in [-0.25, -0.2) is 0 Å². The lowest BCUT2D eigenvalue weighted by Crippen LogP contribution is -2.50. The third-order valence-electron chi connectivity index (χ3n) is 5.08. The number of carbonyl (C=O) groups is 1. The van der Waals surface area contributed by atoms with E-state index in [4.69, 9.17) is 0 Å². The van der Waals surface area contributed by atoms with Crippen LogP contribution >= 0.6 is 12.4 Å². The molecule has 0 bridgehead atoms. The molecule has 118 valence electrons. The number of nitrogens with one attached hydrogen (secondary N) is 2. The van der Waals surface area contributed by atoms with Crippen LogP contribution < -0.4 is 10.6 Å². The summed E-state index contributed by atoms with van der Waals surface area (Å²) < 4.78 is 0. The van der Waals surface area contributed by atoms with Gasteiger partial charge in [0, 0.05) is 12.0 Å². The highest BCUT2D eigenvalue weighted by molar-refractivity contribution is 5.85. The summed E-state index contributed by atoms with van der Waals surface area (Å²) in [6, 6.07) is 0. The van der Waals surface area contributed by atoms with Gasteiger partial charge in [0.05, 0.1) is 0 Å². The van der Waals surface area contributed by atoms with Crippen molar-refractivity contribution in [2.24, 2.45) is 16.7 Å². The molecule has 1 heterocycles. The number of rotatable bonds is 5. The first-order chi connectivity index (χ1) is 8.96. The standard InChI is InChI=1S/C16H30N2O.ClH/c1-13(2)11-16(5-4-6-16)14(19)18-12-15(3)7-9-17-10-8-15;/h13,17H,4-12H2,1-3H3,(H,18,19);1H. The normalized spacial score (nSPS) is 23.6. The lowest BCUT2D eigenvalue weighted by Gasteiger charge is -2.43. The number of carbonyl (C=O) groups excluding carboxylic acids is 1. The van der Waals surface area contributed by atoms with Gasteiger partial charge in [-0.1, -0.05) is 27.2 Å². The van der Waals surface area contributed by atoms with E-state index in [1.165, 1.54) is 19.3 Å². The second-order valence-electron chi connectivity index (χ2n) is 7.48. The van der Waals surface area contributed by atoms with Crippen LogP contribution in [-0.4, -0.2) is 25.5 Å². The largest absolute Gasteiger partial charge is 0.355 e. The Morgan fingerprint density at radius 1 is 1.20 bits per heavy atom. The van der Waals surface area contributed by atoms with E-state index in [-0.39, 0.29) is 17.8 Å². The van der Waals surface area contributed by atoms with Crippen molar-refractivity contribution in [2.75, 3.05) is 19.6 Å². The van der Waals surface area contributed by atoms with E-state index in [0.717, 1.165) is 38.9 Å². The summed E-state index contributed by atoms with van der Waals surface area (Å²) in [5.41, 5.74) is 0.265. The average molecular weight is 303 g/mol. The average Bonchev–Trinajstić information content (AvgIpc) is 2.32. The van der Waals surface area contributed by atoms with Crippen LogP contribution in [0.4, 0.5) is 0 Å². The maximum atomic E-state index is 12.5. The van der Waals surface area contributed by atoms with Gasteiger partial charge >= 0.3 is 0 Å². The zero-order chi connectivity index (χ0) is 13.9. The Bertz CT molecular complexity index is 320. The Labute approximate surface area is 130 Å².